The Morgan fingerprint density at radius 2 is 2.20 bits per heavy atom. The summed E-state index contributed by atoms with van der Waals surface area (Å²) in [7, 11) is 0. The van der Waals surface area contributed by atoms with Crippen molar-refractivity contribution in [2.75, 3.05) is 6.61 Å². The molecule has 0 aliphatic heterocycles. The van der Waals surface area contributed by atoms with Gasteiger partial charge in [-0.1, -0.05) is 11.8 Å². The summed E-state index contributed by atoms with van der Waals surface area (Å²) in [4.78, 5) is 10.5. The van der Waals surface area contributed by atoms with E-state index in [-0.39, 0.29) is 24.2 Å². The van der Waals surface area contributed by atoms with E-state index in [9.17, 15) is 9.18 Å². The van der Waals surface area contributed by atoms with Crippen LogP contribution in [0.1, 0.15) is 22.3 Å². The average Bonchev–Trinajstić information content (AvgIpc) is 2.20. The molecule has 0 unspecified atom stereocenters. The topological polar surface area (TPSA) is 57.5 Å². The van der Waals surface area contributed by atoms with Gasteiger partial charge in [0, 0.05) is 6.42 Å². The summed E-state index contributed by atoms with van der Waals surface area (Å²) in [6, 6.07) is 3.52. The zero-order valence-corrected chi connectivity index (χ0v) is 7.83. The summed E-state index contributed by atoms with van der Waals surface area (Å²) in [6.45, 7) is -0.0815. The molecule has 0 saturated heterocycles. The maximum atomic E-state index is 13.2. The van der Waals surface area contributed by atoms with Crippen molar-refractivity contribution in [3.05, 3.63) is 35.1 Å². The predicted molar refractivity (Wildman–Crippen MR) is 51.9 cm³/mol. The van der Waals surface area contributed by atoms with E-state index in [2.05, 4.69) is 11.8 Å². The molecule has 0 atom stereocenters. The number of aliphatic hydroxyl groups is 1. The first-order valence-electron chi connectivity index (χ1n) is 4.27. The summed E-state index contributed by atoms with van der Waals surface area (Å²) in [6.07, 6.45) is 0.264. The lowest BCUT2D eigenvalue weighted by Gasteiger charge is -1.96. The van der Waals surface area contributed by atoms with Crippen LogP contribution in [0.3, 0.4) is 0 Å². The summed E-state index contributed by atoms with van der Waals surface area (Å²) >= 11 is 0. The lowest BCUT2D eigenvalue weighted by atomic mass is 10.1. The zero-order chi connectivity index (χ0) is 11.3. The number of rotatable bonds is 2. The van der Waals surface area contributed by atoms with Crippen molar-refractivity contribution in [3.63, 3.8) is 0 Å². The molecule has 0 aliphatic rings. The lowest BCUT2D eigenvalue weighted by Crippen LogP contribution is -1.97. The molecule has 0 saturated carbocycles. The third-order valence-electron chi connectivity index (χ3n) is 1.68. The van der Waals surface area contributed by atoms with Gasteiger partial charge in [-0.05, 0) is 18.2 Å². The Bertz CT molecular complexity index is 429. The predicted octanol–water partition coefficient (Wildman–Crippen LogP) is 1.26. The third kappa shape index (κ3) is 3.08. The molecule has 1 rings (SSSR count). The highest BCUT2D eigenvalue weighted by molar-refractivity contribution is 5.87. The number of carboxylic acid groups (broad SMARTS) is 1. The summed E-state index contributed by atoms with van der Waals surface area (Å²) < 4.78 is 13.2. The molecule has 0 aromatic heterocycles. The zero-order valence-electron chi connectivity index (χ0n) is 7.83. The van der Waals surface area contributed by atoms with Gasteiger partial charge in [0.05, 0.1) is 17.7 Å². The fourth-order valence-electron chi connectivity index (χ4n) is 0.963. The summed E-state index contributed by atoms with van der Waals surface area (Å²) in [5, 5.41) is 17.0. The standard InChI is InChI=1S/C11H9FO3/c12-10-7-9(11(14)15)5-4-8(10)3-1-2-6-13/h4-5,7,13H,2,6H2,(H,14,15). The minimum absolute atomic E-state index is 0.0815. The van der Waals surface area contributed by atoms with Gasteiger partial charge < -0.3 is 10.2 Å². The Morgan fingerprint density at radius 3 is 2.73 bits per heavy atom. The van der Waals surface area contributed by atoms with Gasteiger partial charge in [0.25, 0.3) is 0 Å². The monoisotopic (exact) mass is 208 g/mol. The van der Waals surface area contributed by atoms with Gasteiger partial charge in [0.15, 0.2) is 0 Å². The summed E-state index contributed by atoms with van der Waals surface area (Å²) in [5.41, 5.74) is 0.0219. The van der Waals surface area contributed by atoms with E-state index in [4.69, 9.17) is 10.2 Å². The second-order valence-corrected chi connectivity index (χ2v) is 2.78. The molecular formula is C11H9FO3. The highest BCUT2D eigenvalue weighted by atomic mass is 19.1. The first-order chi connectivity index (χ1) is 7.15. The number of halogens is 1. The molecule has 0 spiro atoms. The van der Waals surface area contributed by atoms with E-state index in [1.807, 2.05) is 0 Å². The van der Waals surface area contributed by atoms with Gasteiger partial charge in [-0.25, -0.2) is 9.18 Å². The number of hydrogen-bond acceptors (Lipinski definition) is 2. The van der Waals surface area contributed by atoms with Crippen LogP contribution >= 0.6 is 0 Å². The van der Waals surface area contributed by atoms with Crippen LogP contribution in [0.4, 0.5) is 4.39 Å². The van der Waals surface area contributed by atoms with E-state index in [0.29, 0.717) is 0 Å². The van der Waals surface area contributed by atoms with Gasteiger partial charge in [0.2, 0.25) is 0 Å². The van der Waals surface area contributed by atoms with Gasteiger partial charge in [-0.15, -0.1) is 0 Å². The molecule has 3 nitrogen and oxygen atoms in total. The van der Waals surface area contributed by atoms with Crippen molar-refractivity contribution in [1.29, 1.82) is 0 Å². The third-order valence-corrected chi connectivity index (χ3v) is 1.68. The second kappa shape index (κ2) is 5.13. The van der Waals surface area contributed by atoms with Crippen molar-refractivity contribution >= 4 is 5.97 Å². The average molecular weight is 208 g/mol. The second-order valence-electron chi connectivity index (χ2n) is 2.78. The number of benzene rings is 1. The normalized spacial score (nSPS) is 9.20. The van der Waals surface area contributed by atoms with Crippen molar-refractivity contribution in [2.45, 2.75) is 6.42 Å². The van der Waals surface area contributed by atoms with Crippen LogP contribution in [0.2, 0.25) is 0 Å². The van der Waals surface area contributed by atoms with Crippen LogP contribution in [0, 0.1) is 17.7 Å². The Morgan fingerprint density at radius 1 is 1.47 bits per heavy atom. The SMILES string of the molecule is O=C(O)c1ccc(C#CCCO)c(F)c1. The van der Waals surface area contributed by atoms with Crippen LogP contribution < -0.4 is 0 Å². The first-order valence-corrected chi connectivity index (χ1v) is 4.27. The molecule has 2 N–H and O–H groups in total. The van der Waals surface area contributed by atoms with Crippen molar-refractivity contribution in [2.24, 2.45) is 0 Å². The largest absolute Gasteiger partial charge is 0.478 e. The molecule has 0 fully saturated rings. The van der Waals surface area contributed by atoms with E-state index >= 15 is 0 Å². The minimum atomic E-state index is -1.18. The fourth-order valence-corrected chi connectivity index (χ4v) is 0.963. The van der Waals surface area contributed by atoms with Crippen LogP contribution in [0.25, 0.3) is 0 Å². The van der Waals surface area contributed by atoms with E-state index in [1.165, 1.54) is 12.1 Å². The van der Waals surface area contributed by atoms with Crippen LogP contribution in [0.15, 0.2) is 18.2 Å². The van der Waals surface area contributed by atoms with E-state index in [0.717, 1.165) is 6.07 Å². The number of carboxylic acids is 1. The fraction of sp³-hybridized carbons (Fsp3) is 0.182. The number of carbonyl (C=O) groups is 1. The first kappa shape index (κ1) is 11.2. The number of hydrogen-bond donors (Lipinski definition) is 2. The number of aliphatic hydroxyl groups excluding tert-OH is 1. The molecule has 0 amide bonds. The molecular weight excluding hydrogens is 199 g/mol. The van der Waals surface area contributed by atoms with Gasteiger partial charge in [-0.2, -0.15) is 0 Å². The highest BCUT2D eigenvalue weighted by Gasteiger charge is 2.06. The van der Waals surface area contributed by atoms with Gasteiger partial charge >= 0.3 is 5.97 Å². The Labute approximate surface area is 86.2 Å². The Kier molecular flexibility index (Phi) is 3.83. The maximum Gasteiger partial charge on any atom is 0.335 e. The molecule has 0 radical (unpaired) electrons. The molecule has 4 heteroatoms. The van der Waals surface area contributed by atoms with E-state index in [1.54, 1.807) is 0 Å². The van der Waals surface area contributed by atoms with E-state index < -0.39 is 11.8 Å². The highest BCUT2D eigenvalue weighted by Crippen LogP contribution is 2.09. The van der Waals surface area contributed by atoms with Crippen molar-refractivity contribution < 1.29 is 19.4 Å². The molecule has 78 valence electrons. The minimum Gasteiger partial charge on any atom is -0.478 e. The maximum absolute atomic E-state index is 13.2. The Balaban J connectivity index is 2.95. The van der Waals surface area contributed by atoms with Gasteiger partial charge in [0.1, 0.15) is 5.82 Å². The number of aromatic carboxylic acids is 1. The van der Waals surface area contributed by atoms with Crippen LogP contribution in [-0.4, -0.2) is 22.8 Å². The molecule has 1 aromatic rings. The van der Waals surface area contributed by atoms with Crippen LogP contribution in [0.5, 0.6) is 0 Å². The molecule has 1 aromatic carbocycles. The lowest BCUT2D eigenvalue weighted by molar-refractivity contribution is 0.0696. The van der Waals surface area contributed by atoms with Crippen molar-refractivity contribution in [3.8, 4) is 11.8 Å². The molecule has 0 bridgehead atoms. The Hall–Kier alpha value is -1.86. The molecule has 0 heterocycles. The molecule has 0 aliphatic carbocycles. The van der Waals surface area contributed by atoms with Crippen LogP contribution in [-0.2, 0) is 0 Å². The van der Waals surface area contributed by atoms with Gasteiger partial charge in [-0.3, -0.25) is 0 Å². The quantitative estimate of drug-likeness (QED) is 0.719. The smallest absolute Gasteiger partial charge is 0.335 e. The van der Waals surface area contributed by atoms with Crippen molar-refractivity contribution in [1.82, 2.24) is 0 Å². The molecule has 15 heavy (non-hydrogen) atoms. The summed E-state index contributed by atoms with van der Waals surface area (Å²) in [5.74, 6) is 3.21.